The van der Waals surface area contributed by atoms with E-state index in [2.05, 4.69) is 10.6 Å². The third kappa shape index (κ3) is 6.01. The summed E-state index contributed by atoms with van der Waals surface area (Å²) < 4.78 is 61.5. The van der Waals surface area contributed by atoms with E-state index in [9.17, 15) is 31.2 Å². The number of pyridine rings is 1. The topological polar surface area (TPSA) is 97.3 Å². The Balaban J connectivity index is 1.79. The molecule has 1 aromatic heterocycles. The fourth-order valence-corrected chi connectivity index (χ4v) is 3.43. The second-order valence-corrected chi connectivity index (χ2v) is 8.11. The van der Waals surface area contributed by atoms with Gasteiger partial charge in [-0.2, -0.15) is 13.2 Å². The second kappa shape index (κ2) is 9.90. The van der Waals surface area contributed by atoms with Crippen molar-refractivity contribution >= 4 is 22.3 Å². The molecule has 0 bridgehead atoms. The number of benzene rings is 2. The van der Waals surface area contributed by atoms with E-state index in [-0.39, 0.29) is 23.7 Å². The summed E-state index contributed by atoms with van der Waals surface area (Å²) in [5, 5.41) is 5.32. The van der Waals surface area contributed by atoms with E-state index in [0.717, 1.165) is 16.7 Å². The molecule has 0 aliphatic carbocycles. The van der Waals surface area contributed by atoms with Crippen molar-refractivity contribution in [3.8, 4) is 5.69 Å². The number of rotatable bonds is 7. The van der Waals surface area contributed by atoms with Crippen molar-refractivity contribution in [3.63, 3.8) is 0 Å². The van der Waals surface area contributed by atoms with Gasteiger partial charge in [0.25, 0.3) is 11.5 Å². The molecule has 0 atom stereocenters. The Morgan fingerprint density at radius 2 is 1.73 bits per heavy atom. The van der Waals surface area contributed by atoms with Crippen LogP contribution in [0.15, 0.2) is 65.5 Å². The van der Waals surface area contributed by atoms with Gasteiger partial charge in [-0.05, 0) is 55.0 Å². The first-order valence-electron chi connectivity index (χ1n) is 9.69. The zero-order chi connectivity index (χ0) is 24.2. The lowest BCUT2D eigenvalue weighted by Crippen LogP contribution is -2.33. The number of hydrogen-bond donors (Lipinski definition) is 3. The maximum Gasteiger partial charge on any atom is 0.416 e. The molecule has 3 rings (SSSR count). The molecular formula is C22H20F3N3O4S. The number of anilines is 1. The van der Waals surface area contributed by atoms with Crippen LogP contribution in [0.4, 0.5) is 18.9 Å². The second-order valence-electron chi connectivity index (χ2n) is 7.12. The summed E-state index contributed by atoms with van der Waals surface area (Å²) in [7, 11) is -2.56. The van der Waals surface area contributed by atoms with Gasteiger partial charge in [0.05, 0.1) is 5.56 Å². The maximum atomic E-state index is 13.1. The van der Waals surface area contributed by atoms with Crippen LogP contribution in [0.2, 0.25) is 0 Å². The molecule has 3 aromatic rings. The van der Waals surface area contributed by atoms with E-state index in [4.69, 9.17) is 0 Å². The third-order valence-electron chi connectivity index (χ3n) is 4.77. The number of aryl methyl sites for hydroxylation is 1. The zero-order valence-electron chi connectivity index (χ0n) is 17.3. The Morgan fingerprint density at radius 3 is 2.36 bits per heavy atom. The monoisotopic (exact) mass is 479 g/mol. The number of carbonyl (C=O) groups is 1. The van der Waals surface area contributed by atoms with Gasteiger partial charge in [0, 0.05) is 23.6 Å². The lowest BCUT2D eigenvalue weighted by atomic mass is 10.1. The van der Waals surface area contributed by atoms with Crippen molar-refractivity contribution in [2.45, 2.75) is 19.6 Å². The molecule has 0 saturated heterocycles. The summed E-state index contributed by atoms with van der Waals surface area (Å²) in [6.07, 6.45) is -4.57. The highest BCUT2D eigenvalue weighted by Crippen LogP contribution is 2.30. The van der Waals surface area contributed by atoms with Crippen molar-refractivity contribution in [1.82, 2.24) is 9.88 Å². The molecule has 7 nitrogen and oxygen atoms in total. The van der Waals surface area contributed by atoms with Gasteiger partial charge in [0.2, 0.25) is 0 Å². The van der Waals surface area contributed by atoms with Gasteiger partial charge >= 0.3 is 6.18 Å². The highest BCUT2D eigenvalue weighted by atomic mass is 32.2. The van der Waals surface area contributed by atoms with Crippen molar-refractivity contribution in [3.05, 3.63) is 93.4 Å². The van der Waals surface area contributed by atoms with Crippen LogP contribution in [0.3, 0.4) is 0 Å². The van der Waals surface area contributed by atoms with Gasteiger partial charge in [-0.1, -0.05) is 18.2 Å². The predicted molar refractivity (Wildman–Crippen MR) is 118 cm³/mol. The summed E-state index contributed by atoms with van der Waals surface area (Å²) in [5.41, 5.74) is -0.184. The van der Waals surface area contributed by atoms with Crippen LogP contribution < -0.4 is 16.2 Å². The molecule has 0 aliphatic rings. The number of nitrogens with one attached hydrogen (secondary N) is 2. The van der Waals surface area contributed by atoms with Crippen molar-refractivity contribution in [2.75, 3.05) is 11.2 Å². The first kappa shape index (κ1) is 24.1. The van der Waals surface area contributed by atoms with Gasteiger partial charge in [-0.25, -0.2) is 8.42 Å². The van der Waals surface area contributed by atoms with Gasteiger partial charge < -0.3 is 10.6 Å². The van der Waals surface area contributed by atoms with Crippen LogP contribution in [-0.2, 0) is 23.4 Å². The number of thiol groups is 1. The number of carbonyl (C=O) groups excluding carboxylic acids is 1. The largest absolute Gasteiger partial charge is 0.416 e. The molecule has 0 unspecified atom stereocenters. The summed E-state index contributed by atoms with van der Waals surface area (Å²) in [6.45, 7) is 1.65. The lowest BCUT2D eigenvalue weighted by molar-refractivity contribution is -0.137. The van der Waals surface area contributed by atoms with Crippen LogP contribution in [0.25, 0.3) is 5.69 Å². The average Bonchev–Trinajstić information content (AvgIpc) is 2.76. The first-order valence-corrected chi connectivity index (χ1v) is 11.1. The molecule has 1 heterocycles. The molecule has 2 aromatic carbocycles. The van der Waals surface area contributed by atoms with Crippen molar-refractivity contribution in [2.24, 2.45) is 0 Å². The van der Waals surface area contributed by atoms with Gasteiger partial charge in [0.1, 0.15) is 11.4 Å². The predicted octanol–water partition coefficient (Wildman–Crippen LogP) is 3.08. The summed E-state index contributed by atoms with van der Waals surface area (Å²) in [4.78, 5) is 25.6. The molecule has 33 heavy (non-hydrogen) atoms. The van der Waals surface area contributed by atoms with E-state index < -0.39 is 33.9 Å². The van der Waals surface area contributed by atoms with E-state index in [0.29, 0.717) is 16.9 Å². The lowest BCUT2D eigenvalue weighted by Gasteiger charge is -2.14. The Labute approximate surface area is 188 Å². The molecule has 1 amide bonds. The Morgan fingerprint density at radius 1 is 1.03 bits per heavy atom. The molecule has 0 fully saturated rings. The number of nitrogens with zero attached hydrogens (tertiary/aromatic N) is 1. The molecule has 0 saturated carbocycles. The fraction of sp³-hybridized carbons (Fsp3) is 0.182. The van der Waals surface area contributed by atoms with Gasteiger partial charge in [-0.15, -0.1) is 0 Å². The van der Waals surface area contributed by atoms with Crippen LogP contribution in [0.1, 0.15) is 27.2 Å². The maximum absolute atomic E-state index is 13.1. The first-order chi connectivity index (χ1) is 15.6. The van der Waals surface area contributed by atoms with Crippen LogP contribution in [0, 0.1) is 6.92 Å². The number of aromatic nitrogens is 1. The van der Waals surface area contributed by atoms with Crippen molar-refractivity contribution < 1.29 is 26.4 Å². The average molecular weight is 479 g/mol. The normalized spacial score (nSPS) is 11.4. The highest BCUT2D eigenvalue weighted by Gasteiger charge is 2.30. The smallest absolute Gasteiger partial charge is 0.372 e. The minimum Gasteiger partial charge on any atom is -0.372 e. The van der Waals surface area contributed by atoms with Crippen LogP contribution in [-0.4, -0.2) is 24.8 Å². The molecule has 0 spiro atoms. The zero-order valence-corrected chi connectivity index (χ0v) is 18.2. The van der Waals surface area contributed by atoms with Crippen LogP contribution >= 0.6 is 0 Å². The summed E-state index contributed by atoms with van der Waals surface area (Å²) >= 11 is 0. The molecule has 11 heteroatoms. The molecule has 0 aliphatic heterocycles. The standard InChI is InChI=1S/C22H20F3N3O4S/c1-14-5-10-19(21(30)28(14)18-4-2-3-16(11-18)22(23,24)25)20(29)26-12-15-6-8-17(9-7-15)27-13-33(31)32/h2-11,27,33H,12-13H2,1H3,(H,26,29). The minimum atomic E-state index is -4.57. The Kier molecular flexibility index (Phi) is 7.22. The Hall–Kier alpha value is -3.60. The van der Waals surface area contributed by atoms with Crippen molar-refractivity contribution in [1.29, 1.82) is 0 Å². The van der Waals surface area contributed by atoms with E-state index in [1.54, 1.807) is 31.2 Å². The molecule has 2 N–H and O–H groups in total. The molecule has 174 valence electrons. The van der Waals surface area contributed by atoms with Gasteiger partial charge in [0.15, 0.2) is 10.7 Å². The quantitative estimate of drug-likeness (QED) is 0.453. The molecular weight excluding hydrogens is 459 g/mol. The minimum absolute atomic E-state index is 0.00453. The van der Waals surface area contributed by atoms with Crippen LogP contribution in [0.5, 0.6) is 0 Å². The third-order valence-corrected chi connectivity index (χ3v) is 5.19. The number of amides is 1. The fourth-order valence-electron chi connectivity index (χ4n) is 3.12. The summed E-state index contributed by atoms with van der Waals surface area (Å²) in [5.74, 6) is -0.872. The van der Waals surface area contributed by atoms with E-state index in [1.807, 2.05) is 0 Å². The number of hydrogen-bond acceptors (Lipinski definition) is 5. The van der Waals surface area contributed by atoms with Gasteiger partial charge in [-0.3, -0.25) is 14.2 Å². The SMILES string of the molecule is Cc1ccc(C(=O)NCc2ccc(NC[SH](=O)=O)cc2)c(=O)n1-c1cccc(C(F)(F)F)c1. The van der Waals surface area contributed by atoms with E-state index in [1.165, 1.54) is 24.3 Å². The molecule has 0 radical (unpaired) electrons. The highest BCUT2D eigenvalue weighted by molar-refractivity contribution is 7.72. The number of alkyl halides is 3. The Bertz CT molecular complexity index is 1290. The number of halogens is 3. The summed E-state index contributed by atoms with van der Waals surface area (Å²) in [6, 6.07) is 13.8. The van der Waals surface area contributed by atoms with E-state index >= 15 is 0 Å².